The molecule has 1 fully saturated rings. The van der Waals surface area contributed by atoms with Gasteiger partial charge in [0, 0.05) is 37.1 Å². The Balaban J connectivity index is 1.95. The number of carbonyl (C=O) groups is 1. The molecule has 1 aromatic carbocycles. The van der Waals surface area contributed by atoms with Gasteiger partial charge < -0.3 is 9.88 Å². The summed E-state index contributed by atoms with van der Waals surface area (Å²) >= 11 is 0. The predicted molar refractivity (Wildman–Crippen MR) is 103 cm³/mol. The third-order valence-electron chi connectivity index (χ3n) is 5.19. The summed E-state index contributed by atoms with van der Waals surface area (Å²) in [4.78, 5) is 12.8. The molecular formula is C19H27N3O3S. The van der Waals surface area contributed by atoms with E-state index in [1.54, 1.807) is 28.6 Å². The Morgan fingerprint density at radius 3 is 2.54 bits per heavy atom. The number of benzene rings is 1. The fourth-order valence-corrected chi connectivity index (χ4v) is 4.91. The molecule has 142 valence electrons. The Morgan fingerprint density at radius 1 is 1.19 bits per heavy atom. The van der Waals surface area contributed by atoms with E-state index in [1.807, 2.05) is 25.5 Å². The van der Waals surface area contributed by atoms with Crippen molar-refractivity contribution < 1.29 is 13.2 Å². The van der Waals surface area contributed by atoms with Gasteiger partial charge in [-0.05, 0) is 50.5 Å². The zero-order valence-corrected chi connectivity index (χ0v) is 16.5. The molecule has 26 heavy (non-hydrogen) atoms. The summed E-state index contributed by atoms with van der Waals surface area (Å²) in [6, 6.07) is 6.96. The number of hydrogen-bond donors (Lipinski definition) is 1. The second kappa shape index (κ2) is 7.40. The first-order valence-corrected chi connectivity index (χ1v) is 10.7. The molecule has 1 amide bonds. The molecule has 1 saturated heterocycles. The maximum absolute atomic E-state index is 12.9. The van der Waals surface area contributed by atoms with Crippen LogP contribution in [-0.2, 0) is 17.1 Å². The summed E-state index contributed by atoms with van der Waals surface area (Å²) in [7, 11) is -1.65. The first-order valence-electron chi connectivity index (χ1n) is 9.25. The average molecular weight is 378 g/mol. The van der Waals surface area contributed by atoms with Gasteiger partial charge in [0.15, 0.2) is 0 Å². The van der Waals surface area contributed by atoms with E-state index in [4.69, 9.17) is 0 Å². The highest BCUT2D eigenvalue weighted by atomic mass is 32.2. The van der Waals surface area contributed by atoms with Crippen LogP contribution in [0.3, 0.4) is 0 Å². The molecule has 0 aliphatic carbocycles. The summed E-state index contributed by atoms with van der Waals surface area (Å²) in [5.41, 5.74) is 1.38. The quantitative estimate of drug-likeness (QED) is 0.871. The number of sulfonamides is 1. The Kier molecular flexibility index (Phi) is 5.39. The number of rotatable bonds is 5. The minimum atomic E-state index is -3.48. The lowest BCUT2D eigenvalue weighted by atomic mass is 10.2. The average Bonchev–Trinajstić information content (AvgIpc) is 2.98. The zero-order valence-electron chi connectivity index (χ0n) is 15.7. The van der Waals surface area contributed by atoms with Gasteiger partial charge in [0.2, 0.25) is 10.0 Å². The normalized spacial score (nSPS) is 17.3. The van der Waals surface area contributed by atoms with Gasteiger partial charge in [-0.25, -0.2) is 8.42 Å². The molecule has 3 rings (SSSR count). The molecule has 1 atom stereocenters. The molecule has 0 spiro atoms. The van der Waals surface area contributed by atoms with Crippen LogP contribution in [0.25, 0.3) is 10.9 Å². The maximum atomic E-state index is 12.9. The molecule has 1 aliphatic heterocycles. The lowest BCUT2D eigenvalue weighted by molar-refractivity contribution is 0.0931. The largest absolute Gasteiger partial charge is 0.348 e. The monoisotopic (exact) mass is 377 g/mol. The SMILES string of the molecule is CC[C@H](C)NC(=O)c1cc2cc(S(=O)(=O)N3CCCCC3)ccc2n1C. The van der Waals surface area contributed by atoms with Crippen LogP contribution in [0, 0.1) is 0 Å². The van der Waals surface area contributed by atoms with Gasteiger partial charge >= 0.3 is 0 Å². The first kappa shape index (κ1) is 18.9. The van der Waals surface area contributed by atoms with Crippen molar-refractivity contribution in [3.8, 4) is 0 Å². The van der Waals surface area contributed by atoms with Crippen molar-refractivity contribution in [2.45, 2.75) is 50.5 Å². The fourth-order valence-electron chi connectivity index (χ4n) is 3.36. The van der Waals surface area contributed by atoms with Crippen molar-refractivity contribution in [3.63, 3.8) is 0 Å². The van der Waals surface area contributed by atoms with Crippen molar-refractivity contribution >= 4 is 26.8 Å². The molecule has 0 bridgehead atoms. The van der Waals surface area contributed by atoms with Crippen LogP contribution >= 0.6 is 0 Å². The number of piperidine rings is 1. The number of aryl methyl sites for hydroxylation is 1. The summed E-state index contributed by atoms with van der Waals surface area (Å²) in [6.07, 6.45) is 3.76. The van der Waals surface area contributed by atoms with Crippen LogP contribution < -0.4 is 5.32 Å². The third kappa shape index (κ3) is 3.50. The maximum Gasteiger partial charge on any atom is 0.268 e. The molecule has 2 aromatic rings. The van der Waals surface area contributed by atoms with Crippen LogP contribution in [0.15, 0.2) is 29.2 Å². The standard InChI is InChI=1S/C19H27N3O3S/c1-4-14(2)20-19(23)18-13-15-12-16(8-9-17(15)21(18)3)26(24,25)22-10-6-5-7-11-22/h8-9,12-14H,4-7,10-11H2,1-3H3,(H,20,23)/t14-/m0/s1. The fraction of sp³-hybridized carbons (Fsp3) is 0.526. The Morgan fingerprint density at radius 2 is 1.88 bits per heavy atom. The van der Waals surface area contributed by atoms with Gasteiger partial charge in [0.1, 0.15) is 5.69 Å². The summed E-state index contributed by atoms with van der Waals surface area (Å²) in [5.74, 6) is -0.140. The van der Waals surface area contributed by atoms with Crippen molar-refractivity contribution in [1.29, 1.82) is 0 Å². The summed E-state index contributed by atoms with van der Waals surface area (Å²) in [5, 5.41) is 3.72. The van der Waals surface area contributed by atoms with Crippen molar-refractivity contribution in [2.75, 3.05) is 13.1 Å². The molecule has 2 heterocycles. The zero-order chi connectivity index (χ0) is 18.9. The number of hydrogen-bond acceptors (Lipinski definition) is 3. The summed E-state index contributed by atoms with van der Waals surface area (Å²) in [6.45, 7) is 5.14. The van der Waals surface area contributed by atoms with E-state index in [2.05, 4.69) is 5.32 Å². The van der Waals surface area contributed by atoms with Gasteiger partial charge in [-0.3, -0.25) is 4.79 Å². The minimum absolute atomic E-state index is 0.0931. The molecule has 1 aromatic heterocycles. The third-order valence-corrected chi connectivity index (χ3v) is 7.08. The highest BCUT2D eigenvalue weighted by Crippen LogP contribution is 2.26. The van der Waals surface area contributed by atoms with Crippen LogP contribution in [0.1, 0.15) is 50.0 Å². The molecule has 6 nitrogen and oxygen atoms in total. The van der Waals surface area contributed by atoms with Gasteiger partial charge in [-0.2, -0.15) is 4.31 Å². The van der Waals surface area contributed by atoms with E-state index < -0.39 is 10.0 Å². The Bertz CT molecular complexity index is 911. The number of nitrogens with zero attached hydrogens (tertiary/aromatic N) is 2. The molecule has 1 aliphatic rings. The highest BCUT2D eigenvalue weighted by molar-refractivity contribution is 7.89. The molecule has 7 heteroatoms. The number of fused-ring (bicyclic) bond motifs is 1. The molecular weight excluding hydrogens is 350 g/mol. The topological polar surface area (TPSA) is 71.4 Å². The van der Waals surface area contributed by atoms with Crippen molar-refractivity contribution in [1.82, 2.24) is 14.2 Å². The van der Waals surface area contributed by atoms with E-state index in [9.17, 15) is 13.2 Å². The number of amides is 1. The van der Waals surface area contributed by atoms with Crippen molar-refractivity contribution in [3.05, 3.63) is 30.0 Å². The van der Waals surface area contributed by atoms with E-state index in [1.165, 1.54) is 0 Å². The van der Waals surface area contributed by atoms with Gasteiger partial charge in [-0.1, -0.05) is 13.3 Å². The minimum Gasteiger partial charge on any atom is -0.348 e. The van der Waals surface area contributed by atoms with Gasteiger partial charge in [0.05, 0.1) is 4.90 Å². The number of aromatic nitrogens is 1. The molecule has 0 radical (unpaired) electrons. The smallest absolute Gasteiger partial charge is 0.268 e. The molecule has 0 saturated carbocycles. The summed E-state index contributed by atoms with van der Waals surface area (Å²) < 4.78 is 29.1. The Hall–Kier alpha value is -1.86. The predicted octanol–water partition coefficient (Wildman–Crippen LogP) is 2.88. The Labute approximate surface area is 155 Å². The van der Waals surface area contributed by atoms with Gasteiger partial charge in [-0.15, -0.1) is 0 Å². The lowest BCUT2D eigenvalue weighted by Crippen LogP contribution is -2.35. The first-order chi connectivity index (χ1) is 12.3. The van der Waals surface area contributed by atoms with Crippen LogP contribution in [-0.4, -0.2) is 42.3 Å². The van der Waals surface area contributed by atoms with Crippen molar-refractivity contribution in [2.24, 2.45) is 7.05 Å². The van der Waals surface area contributed by atoms with Crippen LogP contribution in [0.4, 0.5) is 0 Å². The second-order valence-corrected chi connectivity index (χ2v) is 8.99. The number of nitrogens with one attached hydrogen (secondary N) is 1. The molecule has 1 N–H and O–H groups in total. The van der Waals surface area contributed by atoms with E-state index in [-0.39, 0.29) is 11.9 Å². The number of carbonyl (C=O) groups excluding carboxylic acids is 1. The van der Waals surface area contributed by atoms with E-state index >= 15 is 0 Å². The van der Waals surface area contributed by atoms with E-state index in [0.717, 1.165) is 36.6 Å². The lowest BCUT2D eigenvalue weighted by Gasteiger charge is -2.25. The molecule has 0 unspecified atom stereocenters. The van der Waals surface area contributed by atoms with E-state index in [0.29, 0.717) is 23.7 Å². The second-order valence-electron chi connectivity index (χ2n) is 7.06. The van der Waals surface area contributed by atoms with Crippen LogP contribution in [0.2, 0.25) is 0 Å². The van der Waals surface area contributed by atoms with Crippen LogP contribution in [0.5, 0.6) is 0 Å². The van der Waals surface area contributed by atoms with Gasteiger partial charge in [0.25, 0.3) is 5.91 Å². The highest BCUT2D eigenvalue weighted by Gasteiger charge is 2.26.